The highest BCUT2D eigenvalue weighted by molar-refractivity contribution is 7.10. The lowest BCUT2D eigenvalue weighted by Gasteiger charge is -2.11. The monoisotopic (exact) mass is 260 g/mol. The molecular weight excluding hydrogens is 240 g/mol. The molecule has 18 heavy (non-hydrogen) atoms. The van der Waals surface area contributed by atoms with E-state index in [0.717, 1.165) is 10.7 Å². The number of aryl methyl sites for hydroxylation is 2. The summed E-state index contributed by atoms with van der Waals surface area (Å²) in [5, 5.41) is 3.13. The van der Waals surface area contributed by atoms with Gasteiger partial charge in [0.25, 0.3) is 0 Å². The highest BCUT2D eigenvalue weighted by Gasteiger charge is 2.15. The summed E-state index contributed by atoms with van der Waals surface area (Å²) in [5.41, 5.74) is 10.9. The molecule has 2 N–H and O–H groups in total. The van der Waals surface area contributed by atoms with Crippen molar-refractivity contribution in [3.8, 4) is 11.3 Å². The predicted molar refractivity (Wildman–Crippen MR) is 78.8 cm³/mol. The first-order valence-electron chi connectivity index (χ1n) is 6.27. The molecule has 96 valence electrons. The summed E-state index contributed by atoms with van der Waals surface area (Å²) >= 11 is 1.66. The minimum atomic E-state index is 0.0367. The highest BCUT2D eigenvalue weighted by atomic mass is 32.1. The number of hydrogen-bond donors (Lipinski definition) is 1. The van der Waals surface area contributed by atoms with Crippen LogP contribution in [0.25, 0.3) is 11.3 Å². The summed E-state index contributed by atoms with van der Waals surface area (Å²) in [6, 6.07) is 6.56. The molecule has 1 aromatic carbocycles. The molecule has 0 bridgehead atoms. The number of nitrogens with zero attached hydrogens (tertiary/aromatic N) is 1. The average Bonchev–Trinajstić information content (AvgIpc) is 2.75. The number of benzene rings is 1. The Morgan fingerprint density at radius 2 is 1.72 bits per heavy atom. The molecule has 0 amide bonds. The zero-order chi connectivity index (χ0) is 13.3. The van der Waals surface area contributed by atoms with Crippen LogP contribution in [0.1, 0.15) is 36.0 Å². The van der Waals surface area contributed by atoms with Gasteiger partial charge in [0, 0.05) is 10.9 Å². The zero-order valence-electron chi connectivity index (χ0n) is 11.4. The van der Waals surface area contributed by atoms with Crippen LogP contribution in [0.2, 0.25) is 0 Å². The molecule has 0 spiro atoms. The first kappa shape index (κ1) is 13.2. The van der Waals surface area contributed by atoms with Crippen molar-refractivity contribution in [1.29, 1.82) is 0 Å². The van der Waals surface area contributed by atoms with Crippen LogP contribution in [0.15, 0.2) is 23.6 Å². The number of hydrogen-bond acceptors (Lipinski definition) is 3. The third-order valence-corrected chi connectivity index (χ3v) is 3.99. The summed E-state index contributed by atoms with van der Waals surface area (Å²) in [5.74, 6) is 0.420. The molecule has 0 saturated carbocycles. The Bertz CT molecular complexity index is 523. The molecule has 0 aliphatic heterocycles. The number of rotatable bonds is 3. The van der Waals surface area contributed by atoms with Crippen molar-refractivity contribution >= 4 is 11.3 Å². The molecule has 2 rings (SSSR count). The molecule has 1 heterocycles. The van der Waals surface area contributed by atoms with Gasteiger partial charge < -0.3 is 5.73 Å². The SMILES string of the molecule is Cc1cc(C)cc(-c2csc(C(N)C(C)C)n2)c1. The van der Waals surface area contributed by atoms with E-state index in [1.165, 1.54) is 16.7 Å². The third kappa shape index (κ3) is 2.79. The quantitative estimate of drug-likeness (QED) is 0.903. The fourth-order valence-electron chi connectivity index (χ4n) is 1.98. The second-order valence-corrected chi connectivity index (χ2v) is 6.11. The van der Waals surface area contributed by atoms with E-state index in [2.05, 4.69) is 56.3 Å². The summed E-state index contributed by atoms with van der Waals surface area (Å²) in [6.07, 6.45) is 0. The van der Waals surface area contributed by atoms with Gasteiger partial charge in [0.2, 0.25) is 0 Å². The van der Waals surface area contributed by atoms with Gasteiger partial charge in [0.1, 0.15) is 5.01 Å². The van der Waals surface area contributed by atoms with Gasteiger partial charge in [0.05, 0.1) is 11.7 Å². The fourth-order valence-corrected chi connectivity index (χ4v) is 2.98. The molecule has 1 unspecified atom stereocenters. The standard InChI is InChI=1S/C15H20N2S/c1-9(2)14(16)15-17-13(8-18-15)12-6-10(3)5-11(4)7-12/h5-9,14H,16H2,1-4H3. The largest absolute Gasteiger partial charge is 0.322 e. The molecule has 1 aromatic heterocycles. The second-order valence-electron chi connectivity index (χ2n) is 5.22. The van der Waals surface area contributed by atoms with Gasteiger partial charge in [-0.1, -0.05) is 31.0 Å². The van der Waals surface area contributed by atoms with Crippen LogP contribution in [0, 0.1) is 19.8 Å². The summed E-state index contributed by atoms with van der Waals surface area (Å²) in [6.45, 7) is 8.48. The van der Waals surface area contributed by atoms with Crippen LogP contribution in [0.5, 0.6) is 0 Å². The van der Waals surface area contributed by atoms with Crippen LogP contribution < -0.4 is 5.73 Å². The van der Waals surface area contributed by atoms with Gasteiger partial charge in [-0.05, 0) is 31.9 Å². The Balaban J connectivity index is 2.35. The van der Waals surface area contributed by atoms with Crippen molar-refractivity contribution in [2.45, 2.75) is 33.7 Å². The first-order valence-corrected chi connectivity index (χ1v) is 7.15. The third-order valence-electron chi connectivity index (χ3n) is 3.04. The first-order chi connectivity index (χ1) is 8.47. The molecule has 2 aromatic rings. The normalized spacial score (nSPS) is 13.0. The lowest BCUT2D eigenvalue weighted by Crippen LogP contribution is -2.16. The minimum Gasteiger partial charge on any atom is -0.322 e. The van der Waals surface area contributed by atoms with Crippen molar-refractivity contribution < 1.29 is 0 Å². The molecule has 0 saturated heterocycles. The van der Waals surface area contributed by atoms with Crippen LogP contribution in [0.4, 0.5) is 0 Å². The van der Waals surface area contributed by atoms with Gasteiger partial charge in [0.15, 0.2) is 0 Å². The Labute approximate surface area is 113 Å². The number of nitrogens with two attached hydrogens (primary N) is 1. The van der Waals surface area contributed by atoms with E-state index in [-0.39, 0.29) is 6.04 Å². The molecule has 0 fully saturated rings. The molecular formula is C15H20N2S. The Morgan fingerprint density at radius 3 is 2.28 bits per heavy atom. The van der Waals surface area contributed by atoms with E-state index in [0.29, 0.717) is 5.92 Å². The maximum atomic E-state index is 6.14. The fraction of sp³-hybridized carbons (Fsp3) is 0.400. The van der Waals surface area contributed by atoms with Crippen molar-refractivity contribution in [3.05, 3.63) is 39.7 Å². The van der Waals surface area contributed by atoms with Crippen molar-refractivity contribution in [3.63, 3.8) is 0 Å². The van der Waals surface area contributed by atoms with E-state index in [4.69, 9.17) is 5.73 Å². The van der Waals surface area contributed by atoms with Gasteiger partial charge in [-0.15, -0.1) is 11.3 Å². The van der Waals surface area contributed by atoms with Crippen LogP contribution >= 0.6 is 11.3 Å². The molecule has 0 radical (unpaired) electrons. The molecule has 2 nitrogen and oxygen atoms in total. The van der Waals surface area contributed by atoms with Gasteiger partial charge >= 0.3 is 0 Å². The van der Waals surface area contributed by atoms with E-state index >= 15 is 0 Å². The van der Waals surface area contributed by atoms with Gasteiger partial charge in [-0.25, -0.2) is 4.98 Å². The summed E-state index contributed by atoms with van der Waals surface area (Å²) in [4.78, 5) is 4.68. The molecule has 1 atom stereocenters. The minimum absolute atomic E-state index is 0.0367. The van der Waals surface area contributed by atoms with Crippen LogP contribution in [0.3, 0.4) is 0 Å². The van der Waals surface area contributed by atoms with Gasteiger partial charge in [-0.2, -0.15) is 0 Å². The molecule has 3 heteroatoms. The Kier molecular flexibility index (Phi) is 3.83. The van der Waals surface area contributed by atoms with Crippen LogP contribution in [-0.2, 0) is 0 Å². The maximum Gasteiger partial charge on any atom is 0.110 e. The summed E-state index contributed by atoms with van der Waals surface area (Å²) < 4.78 is 0. The molecule has 0 aliphatic rings. The van der Waals surface area contributed by atoms with Crippen molar-refractivity contribution in [2.75, 3.05) is 0 Å². The Hall–Kier alpha value is -1.19. The molecule has 0 aliphatic carbocycles. The van der Waals surface area contributed by atoms with E-state index in [1.54, 1.807) is 11.3 Å². The Morgan fingerprint density at radius 1 is 1.11 bits per heavy atom. The zero-order valence-corrected chi connectivity index (χ0v) is 12.2. The second kappa shape index (κ2) is 5.21. The highest BCUT2D eigenvalue weighted by Crippen LogP contribution is 2.28. The lowest BCUT2D eigenvalue weighted by atomic mass is 10.1. The topological polar surface area (TPSA) is 38.9 Å². The van der Waals surface area contributed by atoms with Crippen molar-refractivity contribution in [2.24, 2.45) is 11.7 Å². The maximum absolute atomic E-state index is 6.14. The summed E-state index contributed by atoms with van der Waals surface area (Å²) in [7, 11) is 0. The lowest BCUT2D eigenvalue weighted by molar-refractivity contribution is 0.512. The van der Waals surface area contributed by atoms with Gasteiger partial charge in [-0.3, -0.25) is 0 Å². The van der Waals surface area contributed by atoms with E-state index < -0.39 is 0 Å². The average molecular weight is 260 g/mol. The number of aromatic nitrogens is 1. The van der Waals surface area contributed by atoms with E-state index in [9.17, 15) is 0 Å². The van der Waals surface area contributed by atoms with E-state index in [1.807, 2.05) is 0 Å². The smallest absolute Gasteiger partial charge is 0.110 e. The van der Waals surface area contributed by atoms with Crippen LogP contribution in [-0.4, -0.2) is 4.98 Å². The number of thiazole rings is 1. The predicted octanol–water partition coefficient (Wildman–Crippen LogP) is 4.08. The van der Waals surface area contributed by atoms with Crippen molar-refractivity contribution in [1.82, 2.24) is 4.98 Å².